The van der Waals surface area contributed by atoms with Crippen molar-refractivity contribution in [1.29, 1.82) is 0 Å². The number of aryl methyl sites for hydroxylation is 3. The van der Waals surface area contributed by atoms with E-state index < -0.39 is 9.84 Å². The normalized spacial score (nSPS) is 19.0. The number of hydrogen-bond donors (Lipinski definition) is 1. The third-order valence-electron chi connectivity index (χ3n) is 4.43. The van der Waals surface area contributed by atoms with Gasteiger partial charge in [-0.25, -0.2) is 18.1 Å². The van der Waals surface area contributed by atoms with Crippen molar-refractivity contribution in [1.82, 2.24) is 14.8 Å². The molecule has 1 aliphatic rings. The van der Waals surface area contributed by atoms with Gasteiger partial charge in [0.15, 0.2) is 9.84 Å². The van der Waals surface area contributed by atoms with Crippen LogP contribution in [0.2, 0.25) is 0 Å². The molecule has 0 aliphatic carbocycles. The zero-order chi connectivity index (χ0) is 18.9. The van der Waals surface area contributed by atoms with Gasteiger partial charge in [0.05, 0.1) is 33.9 Å². The molecule has 3 rings (SSSR count). The van der Waals surface area contributed by atoms with Gasteiger partial charge < -0.3 is 5.32 Å². The summed E-state index contributed by atoms with van der Waals surface area (Å²) >= 11 is 1.39. The van der Waals surface area contributed by atoms with Crippen LogP contribution in [0, 0.1) is 13.8 Å². The first-order valence-corrected chi connectivity index (χ1v) is 11.5. The summed E-state index contributed by atoms with van der Waals surface area (Å²) in [5.74, 6) is 0.572. The van der Waals surface area contributed by atoms with E-state index in [2.05, 4.69) is 22.3 Å². The number of rotatable bonds is 6. The van der Waals surface area contributed by atoms with E-state index in [9.17, 15) is 13.2 Å². The number of thiazole rings is 1. The lowest BCUT2D eigenvalue weighted by atomic mass is 10.2. The van der Waals surface area contributed by atoms with Gasteiger partial charge in [0.2, 0.25) is 0 Å². The number of nitrogens with one attached hydrogen (secondary N) is 1. The van der Waals surface area contributed by atoms with Crippen LogP contribution >= 0.6 is 11.3 Å². The van der Waals surface area contributed by atoms with E-state index in [1.54, 1.807) is 10.7 Å². The van der Waals surface area contributed by atoms with Crippen LogP contribution in [0.1, 0.15) is 58.3 Å². The Kier molecular flexibility index (Phi) is 5.47. The first-order valence-electron chi connectivity index (χ1n) is 8.83. The number of aromatic nitrogens is 3. The van der Waals surface area contributed by atoms with Crippen LogP contribution in [0.5, 0.6) is 0 Å². The van der Waals surface area contributed by atoms with Gasteiger partial charge in [-0.15, -0.1) is 11.3 Å². The maximum absolute atomic E-state index is 12.8. The van der Waals surface area contributed by atoms with Gasteiger partial charge in [-0.3, -0.25) is 4.79 Å². The van der Waals surface area contributed by atoms with Crippen molar-refractivity contribution in [2.45, 2.75) is 52.5 Å². The number of hydrogen-bond acceptors (Lipinski definition) is 6. The fourth-order valence-corrected chi connectivity index (χ4v) is 5.74. The zero-order valence-electron chi connectivity index (χ0n) is 15.3. The number of nitrogens with zero attached hydrogens (tertiary/aromatic N) is 3. The van der Waals surface area contributed by atoms with E-state index in [0.717, 1.165) is 35.7 Å². The van der Waals surface area contributed by atoms with Gasteiger partial charge in [0.1, 0.15) is 10.7 Å². The molecule has 1 fully saturated rings. The van der Waals surface area contributed by atoms with E-state index >= 15 is 0 Å². The second kappa shape index (κ2) is 7.48. The van der Waals surface area contributed by atoms with Crippen LogP contribution in [0.15, 0.2) is 6.07 Å². The average molecular weight is 397 g/mol. The van der Waals surface area contributed by atoms with Gasteiger partial charge in [0.25, 0.3) is 5.91 Å². The highest BCUT2D eigenvalue weighted by atomic mass is 32.2. The van der Waals surface area contributed by atoms with Crippen LogP contribution in [0.25, 0.3) is 0 Å². The first-order chi connectivity index (χ1) is 12.3. The summed E-state index contributed by atoms with van der Waals surface area (Å²) in [5.41, 5.74) is 1.58. The summed E-state index contributed by atoms with van der Waals surface area (Å²) in [4.78, 5) is 17.9. The van der Waals surface area contributed by atoms with Crippen LogP contribution in [0.4, 0.5) is 5.82 Å². The molecule has 1 aliphatic heterocycles. The highest BCUT2D eigenvalue weighted by Gasteiger charge is 2.31. The van der Waals surface area contributed by atoms with Crippen LogP contribution < -0.4 is 5.32 Å². The lowest BCUT2D eigenvalue weighted by molar-refractivity contribution is 0.102. The molecule has 7 nitrogen and oxygen atoms in total. The zero-order valence-corrected chi connectivity index (χ0v) is 16.9. The average Bonchev–Trinajstić information content (AvgIpc) is 3.22. The fourth-order valence-electron chi connectivity index (χ4n) is 3.19. The van der Waals surface area contributed by atoms with Crippen molar-refractivity contribution in [3.05, 3.63) is 27.3 Å². The minimum atomic E-state index is -3.03. The van der Waals surface area contributed by atoms with Gasteiger partial charge in [-0.2, -0.15) is 5.10 Å². The maximum Gasteiger partial charge on any atom is 0.268 e. The van der Waals surface area contributed by atoms with Crippen molar-refractivity contribution < 1.29 is 13.2 Å². The molecule has 2 aromatic rings. The summed E-state index contributed by atoms with van der Waals surface area (Å²) in [6, 6.07) is 1.55. The molecule has 26 heavy (non-hydrogen) atoms. The topological polar surface area (TPSA) is 93.9 Å². The Morgan fingerprint density at radius 1 is 1.42 bits per heavy atom. The summed E-state index contributed by atoms with van der Waals surface area (Å²) < 4.78 is 25.2. The number of unbranched alkanes of at least 4 members (excludes halogenated alkanes) is 1. The van der Waals surface area contributed by atoms with Crippen molar-refractivity contribution in [2.75, 3.05) is 16.8 Å². The Bertz CT molecular complexity index is 915. The molecule has 0 spiro atoms. The number of sulfone groups is 1. The second-order valence-corrected chi connectivity index (χ2v) is 10.2. The third kappa shape index (κ3) is 4.15. The Balaban J connectivity index is 1.83. The third-order valence-corrected chi connectivity index (χ3v) is 7.19. The molecule has 1 amide bonds. The SMILES string of the molecule is CCCCc1nc(C)sc1C(=O)Nc1cc(C)nn1[C@H]1CCS(=O)(=O)C1. The van der Waals surface area contributed by atoms with Crippen LogP contribution in [-0.2, 0) is 16.3 Å². The van der Waals surface area contributed by atoms with E-state index in [1.807, 2.05) is 13.8 Å². The van der Waals surface area contributed by atoms with Crippen molar-refractivity contribution in [3.8, 4) is 0 Å². The molecule has 142 valence electrons. The summed E-state index contributed by atoms with van der Waals surface area (Å²) in [7, 11) is -3.03. The lowest BCUT2D eigenvalue weighted by Crippen LogP contribution is -2.19. The monoisotopic (exact) mass is 396 g/mol. The number of anilines is 1. The van der Waals surface area contributed by atoms with E-state index in [0.29, 0.717) is 17.1 Å². The maximum atomic E-state index is 12.8. The molecular weight excluding hydrogens is 372 g/mol. The van der Waals surface area contributed by atoms with Crippen LogP contribution in [-0.4, -0.2) is 40.6 Å². The Morgan fingerprint density at radius 2 is 2.19 bits per heavy atom. The van der Waals surface area contributed by atoms with Gasteiger partial charge in [0, 0.05) is 6.07 Å². The van der Waals surface area contributed by atoms with Crippen molar-refractivity contribution in [3.63, 3.8) is 0 Å². The first kappa shape index (κ1) is 19.0. The molecule has 9 heteroatoms. The second-order valence-electron chi connectivity index (χ2n) is 6.74. The molecule has 0 saturated carbocycles. The smallest absolute Gasteiger partial charge is 0.268 e. The van der Waals surface area contributed by atoms with E-state index in [-0.39, 0.29) is 23.5 Å². The van der Waals surface area contributed by atoms with Gasteiger partial charge in [-0.05, 0) is 33.1 Å². The Hall–Kier alpha value is -1.74. The van der Waals surface area contributed by atoms with E-state index in [1.165, 1.54) is 11.3 Å². The number of amides is 1. The highest BCUT2D eigenvalue weighted by molar-refractivity contribution is 7.91. The minimum Gasteiger partial charge on any atom is -0.306 e. The fraction of sp³-hybridized carbons (Fsp3) is 0.588. The largest absolute Gasteiger partial charge is 0.306 e. The molecule has 0 unspecified atom stereocenters. The number of carbonyl (C=O) groups is 1. The molecule has 0 aromatic carbocycles. The Labute approximate surface area is 157 Å². The molecular formula is C17H24N4O3S2. The molecule has 1 atom stereocenters. The van der Waals surface area contributed by atoms with Gasteiger partial charge in [-0.1, -0.05) is 13.3 Å². The van der Waals surface area contributed by atoms with Crippen molar-refractivity contribution in [2.24, 2.45) is 0 Å². The predicted molar refractivity (Wildman–Crippen MR) is 103 cm³/mol. The molecule has 1 N–H and O–H groups in total. The summed E-state index contributed by atoms with van der Waals surface area (Å²) in [5, 5.41) is 8.19. The summed E-state index contributed by atoms with van der Waals surface area (Å²) in [6.07, 6.45) is 3.33. The molecule has 3 heterocycles. The Morgan fingerprint density at radius 3 is 2.85 bits per heavy atom. The van der Waals surface area contributed by atoms with Crippen molar-refractivity contribution >= 4 is 32.9 Å². The predicted octanol–water partition coefficient (Wildman–Crippen LogP) is 2.91. The molecule has 1 saturated heterocycles. The minimum absolute atomic E-state index is 0.0679. The molecule has 0 bridgehead atoms. The molecule has 2 aromatic heterocycles. The summed E-state index contributed by atoms with van der Waals surface area (Å²) in [6.45, 7) is 5.84. The van der Waals surface area contributed by atoms with E-state index in [4.69, 9.17) is 0 Å². The molecule has 0 radical (unpaired) electrons. The number of carbonyl (C=O) groups excluding carboxylic acids is 1. The highest BCUT2D eigenvalue weighted by Crippen LogP contribution is 2.28. The van der Waals surface area contributed by atoms with Gasteiger partial charge >= 0.3 is 0 Å². The standard InChI is InChI=1S/C17H24N4O3S2/c1-4-5-6-14-16(25-12(3)18-14)17(22)19-15-9-11(2)20-21(15)13-7-8-26(23,24)10-13/h9,13H,4-8,10H2,1-3H3,(H,19,22)/t13-/m0/s1. The quantitative estimate of drug-likeness (QED) is 0.810. The lowest BCUT2D eigenvalue weighted by Gasteiger charge is -2.13. The van der Waals surface area contributed by atoms with Crippen LogP contribution in [0.3, 0.4) is 0 Å².